The van der Waals surface area contributed by atoms with Crippen LogP contribution in [0, 0.1) is 0 Å². The number of nitrogens with two attached hydrogens (primary N) is 2. The van der Waals surface area contributed by atoms with Crippen molar-refractivity contribution in [3.8, 4) is 0 Å². The molecule has 5 nitrogen and oxygen atoms in total. The molecule has 1 rings (SSSR count). The molecule has 2 amide bonds. The Kier molecular flexibility index (Phi) is 4.02. The molecule has 0 saturated heterocycles. The van der Waals surface area contributed by atoms with Gasteiger partial charge in [0.15, 0.2) is 0 Å². The number of carbonyl (C=O) groups is 2. The standard InChI is InChI=1S/C11H14N2O3/c1-16-6-5-7-8(10(12)14)3-2-4-9(7)11(13)15/h2-4H,5-6H2,1H3,(H2,12,14)(H2,13,15). The second kappa shape index (κ2) is 5.27. The molecule has 0 aromatic heterocycles. The van der Waals surface area contributed by atoms with Gasteiger partial charge in [-0.3, -0.25) is 9.59 Å². The summed E-state index contributed by atoms with van der Waals surface area (Å²) >= 11 is 0. The second-order valence-corrected chi connectivity index (χ2v) is 3.30. The SMILES string of the molecule is COCCc1c(C(N)=O)cccc1C(N)=O. The zero-order chi connectivity index (χ0) is 12.1. The molecule has 0 radical (unpaired) electrons. The molecule has 0 atom stereocenters. The summed E-state index contributed by atoms with van der Waals surface area (Å²) < 4.78 is 4.91. The van der Waals surface area contributed by atoms with Crippen molar-refractivity contribution in [1.29, 1.82) is 0 Å². The predicted molar refractivity (Wildman–Crippen MR) is 59.1 cm³/mol. The van der Waals surface area contributed by atoms with E-state index in [2.05, 4.69) is 0 Å². The molecule has 0 heterocycles. The fourth-order valence-corrected chi connectivity index (χ4v) is 1.52. The summed E-state index contributed by atoms with van der Waals surface area (Å²) in [6, 6.07) is 4.72. The number of ether oxygens (including phenoxy) is 1. The summed E-state index contributed by atoms with van der Waals surface area (Å²) in [5, 5.41) is 0. The van der Waals surface area contributed by atoms with E-state index in [0.717, 1.165) is 0 Å². The molecule has 0 saturated carbocycles. The van der Waals surface area contributed by atoms with Gasteiger partial charge in [-0.15, -0.1) is 0 Å². The van der Waals surface area contributed by atoms with Crippen molar-refractivity contribution in [3.05, 3.63) is 34.9 Å². The van der Waals surface area contributed by atoms with Gasteiger partial charge in [0, 0.05) is 18.2 Å². The van der Waals surface area contributed by atoms with E-state index in [4.69, 9.17) is 16.2 Å². The molecule has 0 aliphatic heterocycles. The van der Waals surface area contributed by atoms with Gasteiger partial charge < -0.3 is 16.2 Å². The monoisotopic (exact) mass is 222 g/mol. The van der Waals surface area contributed by atoms with Crippen LogP contribution < -0.4 is 11.5 Å². The summed E-state index contributed by atoms with van der Waals surface area (Å²) in [7, 11) is 1.54. The molecule has 0 aliphatic carbocycles. The summed E-state index contributed by atoms with van der Waals surface area (Å²) in [4.78, 5) is 22.4. The van der Waals surface area contributed by atoms with Crippen molar-refractivity contribution in [2.75, 3.05) is 13.7 Å². The van der Waals surface area contributed by atoms with Crippen molar-refractivity contribution in [2.45, 2.75) is 6.42 Å². The molecular formula is C11H14N2O3. The van der Waals surface area contributed by atoms with E-state index in [1.54, 1.807) is 18.2 Å². The third-order valence-electron chi connectivity index (χ3n) is 2.26. The van der Waals surface area contributed by atoms with E-state index >= 15 is 0 Å². The molecule has 0 spiro atoms. The number of amides is 2. The molecule has 0 aliphatic rings. The Bertz CT molecular complexity index is 383. The third-order valence-corrected chi connectivity index (χ3v) is 2.26. The van der Waals surface area contributed by atoms with E-state index in [0.29, 0.717) is 29.7 Å². The van der Waals surface area contributed by atoms with Crippen molar-refractivity contribution in [2.24, 2.45) is 11.5 Å². The van der Waals surface area contributed by atoms with Crippen LogP contribution in [0.3, 0.4) is 0 Å². The molecule has 5 heteroatoms. The van der Waals surface area contributed by atoms with Crippen molar-refractivity contribution < 1.29 is 14.3 Å². The van der Waals surface area contributed by atoms with Crippen LogP contribution in [0.5, 0.6) is 0 Å². The average Bonchev–Trinajstić information content (AvgIpc) is 2.25. The first-order valence-electron chi connectivity index (χ1n) is 4.78. The van der Waals surface area contributed by atoms with Crippen LogP contribution >= 0.6 is 0 Å². The van der Waals surface area contributed by atoms with Crippen LogP contribution in [0.4, 0.5) is 0 Å². The molecule has 1 aromatic rings. The highest BCUT2D eigenvalue weighted by Crippen LogP contribution is 2.15. The highest BCUT2D eigenvalue weighted by atomic mass is 16.5. The van der Waals surface area contributed by atoms with E-state index in [-0.39, 0.29) is 0 Å². The quantitative estimate of drug-likeness (QED) is 0.738. The Morgan fingerprint density at radius 3 is 2.06 bits per heavy atom. The minimum Gasteiger partial charge on any atom is -0.384 e. The maximum absolute atomic E-state index is 11.2. The van der Waals surface area contributed by atoms with Gasteiger partial charge in [-0.2, -0.15) is 0 Å². The van der Waals surface area contributed by atoms with Gasteiger partial charge in [-0.1, -0.05) is 6.07 Å². The summed E-state index contributed by atoms with van der Waals surface area (Å²) in [6.45, 7) is 0.393. The van der Waals surface area contributed by atoms with Gasteiger partial charge in [0.05, 0.1) is 6.61 Å². The van der Waals surface area contributed by atoms with Gasteiger partial charge in [0.25, 0.3) is 0 Å². The van der Waals surface area contributed by atoms with E-state index in [1.165, 1.54) is 7.11 Å². The van der Waals surface area contributed by atoms with Gasteiger partial charge in [-0.25, -0.2) is 0 Å². The lowest BCUT2D eigenvalue weighted by molar-refractivity contribution is 0.0999. The van der Waals surface area contributed by atoms with Crippen molar-refractivity contribution in [3.63, 3.8) is 0 Å². The summed E-state index contributed by atoms with van der Waals surface area (Å²) in [5.74, 6) is -1.15. The molecule has 0 fully saturated rings. The topological polar surface area (TPSA) is 95.4 Å². The zero-order valence-electron chi connectivity index (χ0n) is 9.03. The first-order valence-corrected chi connectivity index (χ1v) is 4.78. The van der Waals surface area contributed by atoms with Gasteiger partial charge in [0.2, 0.25) is 11.8 Å². The number of carbonyl (C=O) groups excluding carboxylic acids is 2. The van der Waals surface area contributed by atoms with Gasteiger partial charge in [-0.05, 0) is 24.1 Å². The predicted octanol–water partition coefficient (Wildman–Crippen LogP) is 0.0733. The average molecular weight is 222 g/mol. The van der Waals surface area contributed by atoms with Gasteiger partial charge >= 0.3 is 0 Å². The third kappa shape index (κ3) is 2.58. The fraction of sp³-hybridized carbons (Fsp3) is 0.273. The first-order chi connectivity index (χ1) is 7.57. The normalized spacial score (nSPS) is 10.1. The lowest BCUT2D eigenvalue weighted by atomic mass is 9.97. The number of hydrogen-bond acceptors (Lipinski definition) is 3. The number of rotatable bonds is 5. The number of primary amides is 2. The highest BCUT2D eigenvalue weighted by Gasteiger charge is 2.15. The number of hydrogen-bond donors (Lipinski definition) is 2. The van der Waals surface area contributed by atoms with Crippen LogP contribution in [0.25, 0.3) is 0 Å². The molecule has 16 heavy (non-hydrogen) atoms. The Morgan fingerprint density at radius 2 is 1.69 bits per heavy atom. The molecule has 86 valence electrons. The van der Waals surface area contributed by atoms with Crippen molar-refractivity contribution in [1.82, 2.24) is 0 Å². The largest absolute Gasteiger partial charge is 0.384 e. The lowest BCUT2D eigenvalue weighted by Gasteiger charge is -2.10. The van der Waals surface area contributed by atoms with Crippen LogP contribution in [0.2, 0.25) is 0 Å². The van der Waals surface area contributed by atoms with E-state index in [9.17, 15) is 9.59 Å². The lowest BCUT2D eigenvalue weighted by Crippen LogP contribution is -2.20. The Labute approximate surface area is 93.4 Å². The van der Waals surface area contributed by atoms with E-state index < -0.39 is 11.8 Å². The second-order valence-electron chi connectivity index (χ2n) is 3.30. The number of methoxy groups -OCH3 is 1. The van der Waals surface area contributed by atoms with Gasteiger partial charge in [0.1, 0.15) is 0 Å². The Hall–Kier alpha value is -1.88. The van der Waals surface area contributed by atoms with Crippen LogP contribution in [-0.4, -0.2) is 25.5 Å². The van der Waals surface area contributed by atoms with E-state index in [1.807, 2.05) is 0 Å². The fourth-order valence-electron chi connectivity index (χ4n) is 1.52. The molecule has 1 aromatic carbocycles. The molecular weight excluding hydrogens is 208 g/mol. The Balaban J connectivity index is 3.23. The van der Waals surface area contributed by atoms with Crippen molar-refractivity contribution >= 4 is 11.8 Å². The number of benzene rings is 1. The van der Waals surface area contributed by atoms with Crippen LogP contribution in [0.15, 0.2) is 18.2 Å². The smallest absolute Gasteiger partial charge is 0.249 e. The van der Waals surface area contributed by atoms with Crippen LogP contribution in [0.1, 0.15) is 26.3 Å². The minimum absolute atomic E-state index is 0.313. The highest BCUT2D eigenvalue weighted by molar-refractivity contribution is 6.01. The zero-order valence-corrected chi connectivity index (χ0v) is 9.03. The molecule has 0 bridgehead atoms. The summed E-state index contributed by atoms with van der Waals surface area (Å²) in [5.41, 5.74) is 11.6. The maximum atomic E-state index is 11.2. The summed E-state index contributed by atoms with van der Waals surface area (Å²) in [6.07, 6.45) is 0.424. The van der Waals surface area contributed by atoms with Crippen LogP contribution in [-0.2, 0) is 11.2 Å². The molecule has 4 N–H and O–H groups in total. The molecule has 0 unspecified atom stereocenters. The maximum Gasteiger partial charge on any atom is 0.249 e. The first kappa shape index (κ1) is 12.2. The minimum atomic E-state index is -0.575. The Morgan fingerprint density at radius 1 is 1.19 bits per heavy atom.